The van der Waals surface area contributed by atoms with Gasteiger partial charge in [-0.3, -0.25) is 10.1 Å². The summed E-state index contributed by atoms with van der Waals surface area (Å²) in [5, 5.41) is 3.39. The standard InChI is InChI=1S/C20H23NO5/c1-23-14-7-5-12(6-8-14)19-15-11-18(25-3)17(24-2)10-13(15)9-16(21-19)20(22)26-4/h5-8,10-11,16,19,21H,9H2,1-4H3/t16-,19-/m0/s1. The van der Waals surface area contributed by atoms with E-state index in [9.17, 15) is 4.79 Å². The first kappa shape index (κ1) is 18.1. The molecule has 138 valence electrons. The Morgan fingerprint density at radius 3 is 2.19 bits per heavy atom. The molecular weight excluding hydrogens is 334 g/mol. The molecule has 2 aromatic carbocycles. The van der Waals surface area contributed by atoms with Gasteiger partial charge in [0, 0.05) is 0 Å². The second-order valence-corrected chi connectivity index (χ2v) is 6.06. The predicted octanol–water partition coefficient (Wildman–Crippen LogP) is 2.49. The van der Waals surface area contributed by atoms with Crippen molar-refractivity contribution >= 4 is 5.97 Å². The number of methoxy groups -OCH3 is 4. The molecule has 2 atom stereocenters. The fourth-order valence-corrected chi connectivity index (χ4v) is 3.32. The van der Waals surface area contributed by atoms with Crippen molar-refractivity contribution in [1.82, 2.24) is 5.32 Å². The minimum Gasteiger partial charge on any atom is -0.497 e. The average molecular weight is 357 g/mol. The minimum absolute atomic E-state index is 0.173. The molecule has 0 bridgehead atoms. The van der Waals surface area contributed by atoms with E-state index >= 15 is 0 Å². The molecule has 0 amide bonds. The Balaban J connectivity index is 2.08. The van der Waals surface area contributed by atoms with Crippen LogP contribution in [0.2, 0.25) is 0 Å². The molecule has 6 heteroatoms. The van der Waals surface area contributed by atoms with Crippen LogP contribution in [0.4, 0.5) is 0 Å². The van der Waals surface area contributed by atoms with Crippen LogP contribution in [0.3, 0.4) is 0 Å². The molecule has 0 saturated heterocycles. The van der Waals surface area contributed by atoms with Crippen LogP contribution in [0.15, 0.2) is 36.4 Å². The van der Waals surface area contributed by atoms with Gasteiger partial charge in [0.05, 0.1) is 34.5 Å². The highest BCUT2D eigenvalue weighted by Gasteiger charge is 2.33. The summed E-state index contributed by atoms with van der Waals surface area (Å²) < 4.78 is 21.1. The Bertz CT molecular complexity index is 788. The van der Waals surface area contributed by atoms with Crippen molar-refractivity contribution < 1.29 is 23.7 Å². The predicted molar refractivity (Wildman–Crippen MR) is 97.0 cm³/mol. The first-order valence-electron chi connectivity index (χ1n) is 8.33. The van der Waals surface area contributed by atoms with Crippen molar-refractivity contribution in [3.05, 3.63) is 53.1 Å². The maximum Gasteiger partial charge on any atom is 0.323 e. The highest BCUT2D eigenvalue weighted by atomic mass is 16.5. The zero-order valence-corrected chi connectivity index (χ0v) is 15.4. The lowest BCUT2D eigenvalue weighted by molar-refractivity contribution is -0.143. The van der Waals surface area contributed by atoms with Gasteiger partial charge in [-0.05, 0) is 47.4 Å². The molecule has 1 heterocycles. The molecule has 2 aromatic rings. The summed E-state index contributed by atoms with van der Waals surface area (Å²) in [6, 6.07) is 11.1. The number of rotatable bonds is 5. The van der Waals surface area contributed by atoms with Gasteiger partial charge in [0.1, 0.15) is 11.8 Å². The Labute approximate surface area is 153 Å². The number of hydrogen-bond donors (Lipinski definition) is 1. The van der Waals surface area contributed by atoms with E-state index in [1.165, 1.54) is 7.11 Å². The topological polar surface area (TPSA) is 66.0 Å². The molecule has 6 nitrogen and oxygen atoms in total. The largest absolute Gasteiger partial charge is 0.497 e. The molecule has 0 aromatic heterocycles. The fraction of sp³-hybridized carbons (Fsp3) is 0.350. The molecule has 1 aliphatic heterocycles. The second-order valence-electron chi connectivity index (χ2n) is 6.06. The number of fused-ring (bicyclic) bond motifs is 1. The Morgan fingerprint density at radius 1 is 0.962 bits per heavy atom. The third-order valence-corrected chi connectivity index (χ3v) is 4.68. The normalized spacial score (nSPS) is 18.6. The Morgan fingerprint density at radius 2 is 1.62 bits per heavy atom. The zero-order valence-electron chi connectivity index (χ0n) is 15.4. The quantitative estimate of drug-likeness (QED) is 0.830. The van der Waals surface area contributed by atoms with E-state index in [0.717, 1.165) is 22.4 Å². The Kier molecular flexibility index (Phi) is 5.32. The third-order valence-electron chi connectivity index (χ3n) is 4.68. The maximum absolute atomic E-state index is 12.2. The van der Waals surface area contributed by atoms with E-state index in [2.05, 4.69) is 5.32 Å². The summed E-state index contributed by atoms with van der Waals surface area (Å²) in [5.74, 6) is 1.79. The summed E-state index contributed by atoms with van der Waals surface area (Å²) in [6.07, 6.45) is 0.523. The van der Waals surface area contributed by atoms with Crippen LogP contribution < -0.4 is 19.5 Å². The molecule has 0 saturated carbocycles. The third kappa shape index (κ3) is 3.32. The monoisotopic (exact) mass is 357 g/mol. The summed E-state index contributed by atoms with van der Waals surface area (Å²) in [4.78, 5) is 12.2. The summed E-state index contributed by atoms with van der Waals surface area (Å²) >= 11 is 0. The van der Waals surface area contributed by atoms with Crippen molar-refractivity contribution in [2.75, 3.05) is 28.4 Å². The lowest BCUT2D eigenvalue weighted by atomic mass is 9.86. The van der Waals surface area contributed by atoms with E-state index in [-0.39, 0.29) is 12.0 Å². The van der Waals surface area contributed by atoms with Gasteiger partial charge in [0.15, 0.2) is 11.5 Å². The first-order valence-corrected chi connectivity index (χ1v) is 8.33. The van der Waals surface area contributed by atoms with Gasteiger partial charge >= 0.3 is 5.97 Å². The van der Waals surface area contributed by atoms with Gasteiger partial charge in [-0.15, -0.1) is 0 Å². The van der Waals surface area contributed by atoms with Crippen LogP contribution in [0.5, 0.6) is 17.2 Å². The molecule has 1 aliphatic rings. The van der Waals surface area contributed by atoms with Gasteiger partial charge in [0.2, 0.25) is 0 Å². The molecule has 26 heavy (non-hydrogen) atoms. The molecule has 0 unspecified atom stereocenters. The summed E-state index contributed by atoms with van der Waals surface area (Å²) in [7, 11) is 6.24. The maximum atomic E-state index is 12.2. The van der Waals surface area contributed by atoms with Gasteiger partial charge < -0.3 is 18.9 Å². The number of esters is 1. The molecule has 0 fully saturated rings. The summed E-state index contributed by atoms with van der Waals surface area (Å²) in [5.41, 5.74) is 3.10. The van der Waals surface area contributed by atoms with Crippen molar-refractivity contribution in [3.63, 3.8) is 0 Å². The van der Waals surface area contributed by atoms with Crippen LogP contribution >= 0.6 is 0 Å². The summed E-state index contributed by atoms with van der Waals surface area (Å²) in [6.45, 7) is 0. The number of nitrogens with one attached hydrogen (secondary N) is 1. The second kappa shape index (κ2) is 7.66. The van der Waals surface area contributed by atoms with E-state index in [0.29, 0.717) is 17.9 Å². The van der Waals surface area contributed by atoms with E-state index in [1.54, 1.807) is 21.3 Å². The average Bonchev–Trinajstić information content (AvgIpc) is 2.71. The SMILES string of the molecule is COC(=O)[C@@H]1Cc2cc(OC)c(OC)cc2[C@H](c2ccc(OC)cc2)N1. The van der Waals surface area contributed by atoms with E-state index in [1.807, 2.05) is 36.4 Å². The molecule has 0 aliphatic carbocycles. The van der Waals surface area contributed by atoms with Crippen LogP contribution in [0, 0.1) is 0 Å². The van der Waals surface area contributed by atoms with Crippen LogP contribution in [0.25, 0.3) is 0 Å². The lowest BCUT2D eigenvalue weighted by Gasteiger charge is -2.33. The van der Waals surface area contributed by atoms with Gasteiger partial charge in [-0.25, -0.2) is 0 Å². The van der Waals surface area contributed by atoms with Crippen molar-refractivity contribution in [2.24, 2.45) is 0 Å². The smallest absolute Gasteiger partial charge is 0.323 e. The van der Waals surface area contributed by atoms with Crippen molar-refractivity contribution in [2.45, 2.75) is 18.5 Å². The van der Waals surface area contributed by atoms with Crippen LogP contribution in [0.1, 0.15) is 22.7 Å². The number of carbonyl (C=O) groups is 1. The number of ether oxygens (including phenoxy) is 4. The molecule has 3 rings (SSSR count). The molecule has 0 spiro atoms. The first-order chi connectivity index (χ1) is 12.6. The molecule has 0 radical (unpaired) electrons. The van der Waals surface area contributed by atoms with E-state index < -0.39 is 6.04 Å². The van der Waals surface area contributed by atoms with Crippen molar-refractivity contribution in [1.29, 1.82) is 0 Å². The minimum atomic E-state index is -0.433. The Hall–Kier alpha value is -2.73. The van der Waals surface area contributed by atoms with Crippen LogP contribution in [-0.4, -0.2) is 40.5 Å². The molecular formula is C20H23NO5. The zero-order chi connectivity index (χ0) is 18.7. The number of benzene rings is 2. The number of hydrogen-bond acceptors (Lipinski definition) is 6. The van der Waals surface area contributed by atoms with Gasteiger partial charge in [0.25, 0.3) is 0 Å². The fourth-order valence-electron chi connectivity index (χ4n) is 3.32. The number of carbonyl (C=O) groups excluding carboxylic acids is 1. The van der Waals surface area contributed by atoms with Gasteiger partial charge in [-0.1, -0.05) is 12.1 Å². The van der Waals surface area contributed by atoms with E-state index in [4.69, 9.17) is 18.9 Å². The molecule has 1 N–H and O–H groups in total. The highest BCUT2D eigenvalue weighted by molar-refractivity contribution is 5.77. The lowest BCUT2D eigenvalue weighted by Crippen LogP contribution is -2.45. The highest BCUT2D eigenvalue weighted by Crippen LogP contribution is 2.38. The van der Waals surface area contributed by atoms with Crippen LogP contribution in [-0.2, 0) is 16.0 Å². The van der Waals surface area contributed by atoms with Crippen molar-refractivity contribution in [3.8, 4) is 17.2 Å². The van der Waals surface area contributed by atoms with Gasteiger partial charge in [-0.2, -0.15) is 0 Å².